The number of rotatable bonds is 5. The Morgan fingerprint density at radius 1 is 1.33 bits per heavy atom. The van der Waals surface area contributed by atoms with Crippen LogP contribution in [-0.2, 0) is 0 Å². The van der Waals surface area contributed by atoms with Gasteiger partial charge in [0.05, 0.1) is 0 Å². The van der Waals surface area contributed by atoms with E-state index in [1.54, 1.807) is 16.7 Å². The lowest BCUT2D eigenvalue weighted by molar-refractivity contribution is 0.626. The predicted octanol–water partition coefficient (Wildman–Crippen LogP) is 5.26. The molecule has 0 heteroatoms. The Bertz CT molecular complexity index is 253. The molecule has 0 bridgehead atoms. The molecule has 0 saturated carbocycles. The van der Waals surface area contributed by atoms with E-state index < -0.39 is 0 Å². The number of hydrogen-bond donors (Lipinski definition) is 0. The molecule has 0 aromatic heterocycles. The van der Waals surface area contributed by atoms with Crippen molar-refractivity contribution in [3.63, 3.8) is 0 Å². The Morgan fingerprint density at radius 2 is 2.07 bits per heavy atom. The largest absolute Gasteiger partial charge is 0.0807 e. The van der Waals surface area contributed by atoms with E-state index in [1.165, 1.54) is 38.5 Å². The fourth-order valence-electron chi connectivity index (χ4n) is 2.34. The maximum Gasteiger partial charge on any atom is -0.0254 e. The molecule has 1 aliphatic rings. The molecular formula is C15H26. The van der Waals surface area contributed by atoms with Gasteiger partial charge in [-0.15, -0.1) is 0 Å². The zero-order valence-corrected chi connectivity index (χ0v) is 10.9. The molecule has 0 heterocycles. The van der Waals surface area contributed by atoms with Gasteiger partial charge in [-0.05, 0) is 56.1 Å². The molecule has 0 spiro atoms. The summed E-state index contributed by atoms with van der Waals surface area (Å²) in [5.41, 5.74) is 5.00. The third-order valence-corrected chi connectivity index (χ3v) is 3.22. The van der Waals surface area contributed by atoms with Crippen LogP contribution in [-0.4, -0.2) is 0 Å². The fraction of sp³-hybridized carbons (Fsp3) is 0.733. The average molecular weight is 206 g/mol. The lowest BCUT2D eigenvalue weighted by Gasteiger charge is -2.22. The van der Waals surface area contributed by atoms with Gasteiger partial charge in [-0.2, -0.15) is 0 Å². The highest BCUT2D eigenvalue weighted by molar-refractivity contribution is 5.37. The van der Waals surface area contributed by atoms with E-state index >= 15 is 0 Å². The van der Waals surface area contributed by atoms with Crippen LogP contribution < -0.4 is 0 Å². The average Bonchev–Trinajstić information content (AvgIpc) is 2.18. The maximum absolute atomic E-state index is 2.49. The summed E-state index contributed by atoms with van der Waals surface area (Å²) in [6.07, 6.45) is 10.3. The monoisotopic (exact) mass is 206 g/mol. The summed E-state index contributed by atoms with van der Waals surface area (Å²) >= 11 is 0. The van der Waals surface area contributed by atoms with Crippen molar-refractivity contribution in [1.82, 2.24) is 0 Å². The van der Waals surface area contributed by atoms with Gasteiger partial charge in [0.1, 0.15) is 0 Å². The molecule has 0 radical (unpaired) electrons. The summed E-state index contributed by atoms with van der Waals surface area (Å²) in [5, 5.41) is 0. The highest BCUT2D eigenvalue weighted by atomic mass is 14.2. The number of unbranched alkanes of at least 4 members (excludes halogenated alkanes) is 1. The smallest absolute Gasteiger partial charge is 0.0254 e. The molecule has 86 valence electrons. The van der Waals surface area contributed by atoms with Crippen LogP contribution >= 0.6 is 0 Å². The van der Waals surface area contributed by atoms with Gasteiger partial charge in [0, 0.05) is 0 Å². The standard InChI is InChI=1S/C15H26/c1-5-6-9-14-10-7-8-13(4)15(14)11-12(2)3/h10,12H,5-9,11H2,1-4H3. The molecule has 0 saturated heterocycles. The van der Waals surface area contributed by atoms with Crippen molar-refractivity contribution in [3.05, 3.63) is 22.8 Å². The Morgan fingerprint density at radius 3 is 2.67 bits per heavy atom. The van der Waals surface area contributed by atoms with Gasteiger partial charge in [-0.25, -0.2) is 0 Å². The van der Waals surface area contributed by atoms with Gasteiger partial charge < -0.3 is 0 Å². The van der Waals surface area contributed by atoms with Crippen LogP contribution in [0, 0.1) is 5.92 Å². The third kappa shape index (κ3) is 3.85. The van der Waals surface area contributed by atoms with Crippen LogP contribution in [0.15, 0.2) is 22.8 Å². The van der Waals surface area contributed by atoms with Crippen molar-refractivity contribution in [2.45, 2.75) is 66.2 Å². The Labute approximate surface area is 95.5 Å². The summed E-state index contributed by atoms with van der Waals surface area (Å²) in [4.78, 5) is 0. The molecule has 0 aliphatic heterocycles. The van der Waals surface area contributed by atoms with Crippen molar-refractivity contribution in [3.8, 4) is 0 Å². The Balaban J connectivity index is 2.70. The minimum atomic E-state index is 0.790. The molecule has 0 nitrogen and oxygen atoms in total. The molecule has 0 aromatic carbocycles. The van der Waals surface area contributed by atoms with Crippen molar-refractivity contribution < 1.29 is 0 Å². The lowest BCUT2D eigenvalue weighted by atomic mass is 9.84. The second-order valence-corrected chi connectivity index (χ2v) is 5.23. The van der Waals surface area contributed by atoms with Gasteiger partial charge in [-0.3, -0.25) is 0 Å². The van der Waals surface area contributed by atoms with E-state index in [9.17, 15) is 0 Å². The Hall–Kier alpha value is -0.520. The minimum Gasteiger partial charge on any atom is -0.0807 e. The van der Waals surface area contributed by atoms with Crippen molar-refractivity contribution in [2.24, 2.45) is 5.92 Å². The molecule has 0 atom stereocenters. The SMILES string of the molecule is CCCCC1=CCCC(C)=C1CC(C)C. The highest BCUT2D eigenvalue weighted by Gasteiger charge is 2.13. The van der Waals surface area contributed by atoms with E-state index in [2.05, 4.69) is 33.8 Å². The van der Waals surface area contributed by atoms with E-state index in [-0.39, 0.29) is 0 Å². The van der Waals surface area contributed by atoms with Gasteiger partial charge in [0.2, 0.25) is 0 Å². The minimum absolute atomic E-state index is 0.790. The highest BCUT2D eigenvalue weighted by Crippen LogP contribution is 2.32. The zero-order valence-electron chi connectivity index (χ0n) is 10.9. The topological polar surface area (TPSA) is 0 Å². The van der Waals surface area contributed by atoms with Crippen LogP contribution in [0.5, 0.6) is 0 Å². The molecule has 15 heavy (non-hydrogen) atoms. The summed E-state index contributed by atoms with van der Waals surface area (Å²) < 4.78 is 0. The summed E-state index contributed by atoms with van der Waals surface area (Å²) in [6.45, 7) is 9.26. The zero-order chi connectivity index (χ0) is 11.3. The van der Waals surface area contributed by atoms with Crippen molar-refractivity contribution in [1.29, 1.82) is 0 Å². The van der Waals surface area contributed by atoms with E-state index in [0.717, 1.165) is 5.92 Å². The van der Waals surface area contributed by atoms with Crippen molar-refractivity contribution in [2.75, 3.05) is 0 Å². The van der Waals surface area contributed by atoms with Crippen molar-refractivity contribution >= 4 is 0 Å². The first kappa shape index (κ1) is 12.5. The Kier molecular flexibility index (Phi) is 5.14. The lowest BCUT2D eigenvalue weighted by Crippen LogP contribution is -2.03. The second-order valence-electron chi connectivity index (χ2n) is 5.23. The second kappa shape index (κ2) is 6.15. The first-order valence-corrected chi connectivity index (χ1v) is 6.53. The first-order valence-electron chi connectivity index (χ1n) is 6.53. The molecule has 0 N–H and O–H groups in total. The van der Waals surface area contributed by atoms with E-state index in [4.69, 9.17) is 0 Å². The summed E-state index contributed by atoms with van der Waals surface area (Å²) in [7, 11) is 0. The van der Waals surface area contributed by atoms with Crippen LogP contribution in [0.2, 0.25) is 0 Å². The number of hydrogen-bond acceptors (Lipinski definition) is 0. The van der Waals surface area contributed by atoms with Crippen LogP contribution in [0.25, 0.3) is 0 Å². The molecule has 1 rings (SSSR count). The normalized spacial score (nSPS) is 17.3. The summed E-state index contributed by atoms with van der Waals surface area (Å²) in [6, 6.07) is 0. The predicted molar refractivity (Wildman–Crippen MR) is 69.0 cm³/mol. The summed E-state index contributed by atoms with van der Waals surface area (Å²) in [5.74, 6) is 0.790. The van der Waals surface area contributed by atoms with Crippen LogP contribution in [0.1, 0.15) is 66.2 Å². The molecular weight excluding hydrogens is 180 g/mol. The van der Waals surface area contributed by atoms with Gasteiger partial charge >= 0.3 is 0 Å². The van der Waals surface area contributed by atoms with Crippen LogP contribution in [0.4, 0.5) is 0 Å². The molecule has 1 aliphatic carbocycles. The molecule has 0 fully saturated rings. The van der Waals surface area contributed by atoms with Crippen LogP contribution in [0.3, 0.4) is 0 Å². The molecule has 0 unspecified atom stereocenters. The number of allylic oxidation sites excluding steroid dienone is 4. The van der Waals surface area contributed by atoms with Gasteiger partial charge in [-0.1, -0.05) is 38.8 Å². The molecule has 0 amide bonds. The molecule has 0 aromatic rings. The fourth-order valence-corrected chi connectivity index (χ4v) is 2.34. The van der Waals surface area contributed by atoms with E-state index in [0.29, 0.717) is 0 Å². The quantitative estimate of drug-likeness (QED) is 0.575. The van der Waals surface area contributed by atoms with Gasteiger partial charge in [0.15, 0.2) is 0 Å². The van der Waals surface area contributed by atoms with Gasteiger partial charge in [0.25, 0.3) is 0 Å². The maximum atomic E-state index is 2.49. The first-order chi connectivity index (χ1) is 7.15. The van der Waals surface area contributed by atoms with E-state index in [1.807, 2.05) is 0 Å². The third-order valence-electron chi connectivity index (χ3n) is 3.22.